The fraction of sp³-hybridized carbons (Fsp3) is 0.167. The molecule has 0 aliphatic carbocycles. The second-order valence-electron chi connectivity index (χ2n) is 5.37. The van der Waals surface area contributed by atoms with Crippen molar-refractivity contribution in [2.45, 2.75) is 13.8 Å². The number of ether oxygens (including phenoxy) is 1. The molecule has 0 atom stereocenters. The van der Waals surface area contributed by atoms with Crippen molar-refractivity contribution in [3.63, 3.8) is 0 Å². The minimum absolute atomic E-state index is 0.0789. The summed E-state index contributed by atoms with van der Waals surface area (Å²) in [6.45, 7) is 4.04. The summed E-state index contributed by atoms with van der Waals surface area (Å²) in [5.74, 6) is 0.762. The van der Waals surface area contributed by atoms with Crippen molar-refractivity contribution in [2.75, 3.05) is 7.11 Å². The van der Waals surface area contributed by atoms with Gasteiger partial charge in [-0.2, -0.15) is 0 Å². The molecule has 0 bridgehead atoms. The summed E-state index contributed by atoms with van der Waals surface area (Å²) in [6.07, 6.45) is 0. The van der Waals surface area contributed by atoms with Gasteiger partial charge in [0, 0.05) is 11.6 Å². The topological polar surface area (TPSA) is 47.0 Å². The van der Waals surface area contributed by atoms with Crippen LogP contribution in [0.15, 0.2) is 53.3 Å². The summed E-state index contributed by atoms with van der Waals surface area (Å²) in [4.78, 5) is 12.3. The van der Waals surface area contributed by atoms with Gasteiger partial charge in [-0.05, 0) is 37.6 Å². The Kier molecular flexibility index (Phi) is 3.59. The fourth-order valence-electron chi connectivity index (χ4n) is 2.57. The minimum atomic E-state index is -0.0789. The van der Waals surface area contributed by atoms with E-state index in [4.69, 9.17) is 4.74 Å². The molecule has 0 aliphatic rings. The van der Waals surface area contributed by atoms with Crippen LogP contribution in [-0.2, 0) is 0 Å². The lowest BCUT2D eigenvalue weighted by atomic mass is 10.1. The maximum absolute atomic E-state index is 12.3. The molecule has 0 fully saturated rings. The summed E-state index contributed by atoms with van der Waals surface area (Å²) >= 11 is 0. The van der Waals surface area contributed by atoms with Gasteiger partial charge < -0.3 is 4.74 Å². The van der Waals surface area contributed by atoms with Crippen molar-refractivity contribution in [1.82, 2.24) is 9.78 Å². The zero-order valence-electron chi connectivity index (χ0n) is 12.9. The van der Waals surface area contributed by atoms with E-state index in [1.54, 1.807) is 17.9 Å². The number of aromatic amines is 1. The second-order valence-corrected chi connectivity index (χ2v) is 5.37. The Morgan fingerprint density at radius 3 is 2.59 bits per heavy atom. The van der Waals surface area contributed by atoms with Crippen LogP contribution in [-0.4, -0.2) is 16.9 Å². The molecule has 112 valence electrons. The van der Waals surface area contributed by atoms with Gasteiger partial charge in [-0.3, -0.25) is 9.89 Å². The van der Waals surface area contributed by atoms with Gasteiger partial charge in [0.1, 0.15) is 5.75 Å². The van der Waals surface area contributed by atoms with Gasteiger partial charge in [-0.25, -0.2) is 4.68 Å². The molecule has 2 aromatic carbocycles. The molecule has 4 nitrogen and oxygen atoms in total. The summed E-state index contributed by atoms with van der Waals surface area (Å²) in [6, 6.07) is 15.3. The smallest absolute Gasteiger partial charge is 0.271 e. The molecule has 1 aromatic heterocycles. The number of aryl methyl sites for hydroxylation is 2. The molecule has 0 saturated heterocycles. The first-order valence-corrected chi connectivity index (χ1v) is 7.12. The molecule has 0 saturated carbocycles. The van der Waals surface area contributed by atoms with Crippen LogP contribution < -0.4 is 10.3 Å². The van der Waals surface area contributed by atoms with E-state index < -0.39 is 0 Å². The Morgan fingerprint density at radius 1 is 1.05 bits per heavy atom. The lowest BCUT2D eigenvalue weighted by Gasteiger charge is -2.07. The largest absolute Gasteiger partial charge is 0.497 e. The Bertz CT molecular complexity index is 875. The van der Waals surface area contributed by atoms with Crippen LogP contribution >= 0.6 is 0 Å². The van der Waals surface area contributed by atoms with Gasteiger partial charge in [0.15, 0.2) is 0 Å². The minimum Gasteiger partial charge on any atom is -0.497 e. The molecule has 0 spiro atoms. The number of hydrogen-bond acceptors (Lipinski definition) is 2. The Balaban J connectivity index is 2.09. The molecule has 0 amide bonds. The van der Waals surface area contributed by atoms with Crippen molar-refractivity contribution >= 4 is 0 Å². The molecule has 4 heteroatoms. The molecule has 1 heterocycles. The van der Waals surface area contributed by atoms with Gasteiger partial charge >= 0.3 is 0 Å². The van der Waals surface area contributed by atoms with Gasteiger partial charge in [-0.15, -0.1) is 0 Å². The molecule has 3 rings (SSSR count). The fourth-order valence-corrected chi connectivity index (χ4v) is 2.57. The van der Waals surface area contributed by atoms with Gasteiger partial charge in [0.05, 0.1) is 18.5 Å². The number of rotatable bonds is 3. The zero-order chi connectivity index (χ0) is 15.7. The van der Waals surface area contributed by atoms with Gasteiger partial charge in [0.25, 0.3) is 5.56 Å². The lowest BCUT2D eigenvalue weighted by molar-refractivity contribution is 0.415. The van der Waals surface area contributed by atoms with Crippen molar-refractivity contribution in [3.8, 4) is 22.7 Å². The average molecular weight is 294 g/mol. The molecular weight excluding hydrogens is 276 g/mol. The number of benzene rings is 2. The second kappa shape index (κ2) is 5.56. The average Bonchev–Trinajstić information content (AvgIpc) is 2.89. The number of hydrogen-bond donors (Lipinski definition) is 1. The van der Waals surface area contributed by atoms with Crippen LogP contribution in [0.25, 0.3) is 16.9 Å². The van der Waals surface area contributed by atoms with Crippen molar-refractivity contribution in [1.29, 1.82) is 0 Å². The van der Waals surface area contributed by atoms with Crippen LogP contribution in [0.4, 0.5) is 0 Å². The first kappa shape index (κ1) is 14.2. The van der Waals surface area contributed by atoms with Crippen LogP contribution in [0.2, 0.25) is 0 Å². The third-order valence-electron chi connectivity index (χ3n) is 3.69. The third kappa shape index (κ3) is 2.55. The van der Waals surface area contributed by atoms with E-state index in [1.807, 2.05) is 50.2 Å². The van der Waals surface area contributed by atoms with Crippen molar-refractivity contribution in [3.05, 3.63) is 70.0 Å². The normalized spacial score (nSPS) is 10.7. The number of H-pyrrole nitrogens is 1. The molecule has 22 heavy (non-hydrogen) atoms. The van der Waals surface area contributed by atoms with Crippen molar-refractivity contribution in [2.24, 2.45) is 0 Å². The van der Waals surface area contributed by atoms with E-state index in [0.29, 0.717) is 0 Å². The van der Waals surface area contributed by atoms with E-state index in [2.05, 4.69) is 11.2 Å². The summed E-state index contributed by atoms with van der Waals surface area (Å²) in [5.41, 5.74) is 4.70. The van der Waals surface area contributed by atoms with Crippen molar-refractivity contribution < 1.29 is 4.74 Å². The summed E-state index contributed by atoms with van der Waals surface area (Å²) in [7, 11) is 1.63. The van der Waals surface area contributed by atoms with Crippen LogP contribution in [0.3, 0.4) is 0 Å². The van der Waals surface area contributed by atoms with E-state index in [1.165, 1.54) is 5.56 Å². The highest BCUT2D eigenvalue weighted by atomic mass is 16.5. The Morgan fingerprint density at radius 2 is 1.86 bits per heavy atom. The Labute approximate surface area is 129 Å². The van der Waals surface area contributed by atoms with Crippen LogP contribution in [0.1, 0.15) is 11.1 Å². The number of aromatic nitrogens is 2. The SMILES string of the molecule is COc1cccc(-c2cc(=O)n(-c3ccc(C)cc3C)[nH]2)c1. The first-order chi connectivity index (χ1) is 10.6. The third-order valence-corrected chi connectivity index (χ3v) is 3.69. The molecule has 3 aromatic rings. The monoisotopic (exact) mass is 294 g/mol. The molecule has 0 radical (unpaired) electrons. The number of methoxy groups -OCH3 is 1. The quantitative estimate of drug-likeness (QED) is 0.804. The van der Waals surface area contributed by atoms with Gasteiger partial charge in [-0.1, -0.05) is 29.8 Å². The lowest BCUT2D eigenvalue weighted by Crippen LogP contribution is -2.14. The number of nitrogens with one attached hydrogen (secondary N) is 1. The molecule has 0 unspecified atom stereocenters. The van der Waals surface area contributed by atoms with E-state index >= 15 is 0 Å². The Hall–Kier alpha value is -2.75. The van der Waals surface area contributed by atoms with E-state index in [-0.39, 0.29) is 5.56 Å². The van der Waals surface area contributed by atoms with E-state index in [0.717, 1.165) is 28.3 Å². The predicted octanol–water partition coefficient (Wildman–Crippen LogP) is 3.46. The highest BCUT2D eigenvalue weighted by Crippen LogP contribution is 2.22. The molecule has 1 N–H and O–H groups in total. The predicted molar refractivity (Wildman–Crippen MR) is 87.9 cm³/mol. The molecule has 0 aliphatic heterocycles. The standard InChI is InChI=1S/C18H18N2O2/c1-12-7-8-17(13(2)9-12)20-18(21)11-16(19-20)14-5-4-6-15(10-14)22-3/h4-11,19H,1-3H3. The number of nitrogens with zero attached hydrogens (tertiary/aromatic N) is 1. The van der Waals surface area contributed by atoms with Crippen LogP contribution in [0, 0.1) is 13.8 Å². The maximum Gasteiger partial charge on any atom is 0.271 e. The van der Waals surface area contributed by atoms with Crippen LogP contribution in [0.5, 0.6) is 5.75 Å². The molecular formula is C18H18N2O2. The zero-order valence-corrected chi connectivity index (χ0v) is 12.9. The summed E-state index contributed by atoms with van der Waals surface area (Å²) in [5, 5.41) is 3.17. The summed E-state index contributed by atoms with van der Waals surface area (Å²) < 4.78 is 6.80. The van der Waals surface area contributed by atoms with Gasteiger partial charge in [0.2, 0.25) is 0 Å². The highest BCUT2D eigenvalue weighted by molar-refractivity contribution is 5.61. The highest BCUT2D eigenvalue weighted by Gasteiger charge is 2.09. The maximum atomic E-state index is 12.3. The first-order valence-electron chi connectivity index (χ1n) is 7.12. The van der Waals surface area contributed by atoms with E-state index in [9.17, 15) is 4.79 Å².